The highest BCUT2D eigenvalue weighted by Gasteiger charge is 2.31. The van der Waals surface area contributed by atoms with Gasteiger partial charge in [0.15, 0.2) is 0 Å². The molecule has 4 heteroatoms. The molecule has 18 heavy (non-hydrogen) atoms. The Morgan fingerprint density at radius 3 is 2.61 bits per heavy atom. The highest BCUT2D eigenvalue weighted by atomic mass is 16.2. The standard InChI is InChI=1S/C14H29N3O/c1-5-7-17(11-14(2,3)10-15)13(18)12-6-8-16(4)9-12/h12H,5-11,15H2,1-4H3. The van der Waals surface area contributed by atoms with Crippen LogP contribution in [0.1, 0.15) is 33.6 Å². The van der Waals surface area contributed by atoms with Gasteiger partial charge >= 0.3 is 0 Å². The van der Waals surface area contributed by atoms with Gasteiger partial charge in [-0.1, -0.05) is 20.8 Å². The molecule has 0 bridgehead atoms. The van der Waals surface area contributed by atoms with Crippen LogP contribution < -0.4 is 5.73 Å². The molecule has 1 heterocycles. The summed E-state index contributed by atoms with van der Waals surface area (Å²) < 4.78 is 0. The molecule has 1 rings (SSSR count). The number of carbonyl (C=O) groups excluding carboxylic acids is 1. The van der Waals surface area contributed by atoms with Crippen LogP contribution in [-0.4, -0.2) is 55.5 Å². The van der Waals surface area contributed by atoms with Crippen molar-refractivity contribution >= 4 is 5.91 Å². The Morgan fingerprint density at radius 2 is 2.17 bits per heavy atom. The van der Waals surface area contributed by atoms with Crippen LogP contribution in [0.4, 0.5) is 0 Å². The number of carbonyl (C=O) groups is 1. The summed E-state index contributed by atoms with van der Waals surface area (Å²) in [5, 5.41) is 0. The molecule has 0 radical (unpaired) electrons. The average Bonchev–Trinajstić information content (AvgIpc) is 2.74. The second kappa shape index (κ2) is 6.53. The molecule has 1 aliphatic heterocycles. The van der Waals surface area contributed by atoms with E-state index in [1.165, 1.54) is 0 Å². The van der Waals surface area contributed by atoms with E-state index in [-0.39, 0.29) is 11.3 Å². The van der Waals surface area contributed by atoms with Crippen molar-refractivity contribution in [1.82, 2.24) is 9.80 Å². The molecular weight excluding hydrogens is 226 g/mol. The van der Waals surface area contributed by atoms with Crippen molar-refractivity contribution in [3.8, 4) is 0 Å². The molecule has 0 saturated carbocycles. The Balaban J connectivity index is 2.63. The van der Waals surface area contributed by atoms with Crippen LogP contribution in [-0.2, 0) is 4.79 Å². The number of amides is 1. The lowest BCUT2D eigenvalue weighted by molar-refractivity contribution is -0.136. The van der Waals surface area contributed by atoms with Crippen molar-refractivity contribution in [1.29, 1.82) is 0 Å². The molecule has 1 unspecified atom stereocenters. The Bertz CT molecular complexity index is 278. The predicted molar refractivity (Wildman–Crippen MR) is 75.3 cm³/mol. The summed E-state index contributed by atoms with van der Waals surface area (Å²) in [6.07, 6.45) is 2.01. The van der Waals surface area contributed by atoms with Crippen LogP contribution in [0.25, 0.3) is 0 Å². The van der Waals surface area contributed by atoms with Crippen molar-refractivity contribution < 1.29 is 4.79 Å². The summed E-state index contributed by atoms with van der Waals surface area (Å²) >= 11 is 0. The summed E-state index contributed by atoms with van der Waals surface area (Å²) in [6.45, 7) is 10.6. The van der Waals surface area contributed by atoms with Gasteiger partial charge in [0, 0.05) is 19.6 Å². The molecule has 2 N–H and O–H groups in total. The highest BCUT2D eigenvalue weighted by molar-refractivity contribution is 5.79. The normalized spacial score (nSPS) is 21.3. The first-order valence-electron chi connectivity index (χ1n) is 7.07. The molecule has 106 valence electrons. The molecule has 4 nitrogen and oxygen atoms in total. The van der Waals surface area contributed by atoms with Gasteiger partial charge in [0.1, 0.15) is 0 Å². The summed E-state index contributed by atoms with van der Waals surface area (Å²) in [7, 11) is 2.08. The van der Waals surface area contributed by atoms with E-state index >= 15 is 0 Å². The van der Waals surface area contributed by atoms with Gasteiger partial charge < -0.3 is 15.5 Å². The molecule has 1 saturated heterocycles. The van der Waals surface area contributed by atoms with Gasteiger partial charge in [0.05, 0.1) is 5.92 Å². The van der Waals surface area contributed by atoms with E-state index in [1.54, 1.807) is 0 Å². The number of nitrogens with zero attached hydrogens (tertiary/aromatic N) is 2. The second-order valence-corrected chi connectivity index (χ2v) is 6.38. The third-order valence-corrected chi connectivity index (χ3v) is 3.72. The zero-order chi connectivity index (χ0) is 13.8. The van der Waals surface area contributed by atoms with E-state index < -0.39 is 0 Å². The first-order valence-corrected chi connectivity index (χ1v) is 7.07. The zero-order valence-corrected chi connectivity index (χ0v) is 12.4. The van der Waals surface area contributed by atoms with E-state index in [2.05, 4.69) is 32.7 Å². The summed E-state index contributed by atoms with van der Waals surface area (Å²) in [4.78, 5) is 16.8. The highest BCUT2D eigenvalue weighted by Crippen LogP contribution is 2.21. The maximum absolute atomic E-state index is 12.5. The van der Waals surface area contributed by atoms with Crippen LogP contribution in [0.15, 0.2) is 0 Å². The fraction of sp³-hybridized carbons (Fsp3) is 0.929. The van der Waals surface area contributed by atoms with Gasteiger partial charge in [-0.05, 0) is 38.4 Å². The van der Waals surface area contributed by atoms with Crippen LogP contribution >= 0.6 is 0 Å². The minimum atomic E-state index is 0.00926. The second-order valence-electron chi connectivity index (χ2n) is 6.38. The summed E-state index contributed by atoms with van der Waals surface area (Å²) in [6, 6.07) is 0. The van der Waals surface area contributed by atoms with Crippen molar-refractivity contribution in [3.05, 3.63) is 0 Å². The molecular formula is C14H29N3O. The molecule has 0 spiro atoms. The predicted octanol–water partition coefficient (Wildman–Crippen LogP) is 1.16. The first-order chi connectivity index (χ1) is 8.39. The Morgan fingerprint density at radius 1 is 1.50 bits per heavy atom. The monoisotopic (exact) mass is 255 g/mol. The minimum Gasteiger partial charge on any atom is -0.342 e. The maximum atomic E-state index is 12.5. The number of hydrogen-bond donors (Lipinski definition) is 1. The summed E-state index contributed by atoms with van der Waals surface area (Å²) in [5.74, 6) is 0.512. The molecule has 0 aliphatic carbocycles. The van der Waals surface area contributed by atoms with Crippen LogP contribution in [0, 0.1) is 11.3 Å². The van der Waals surface area contributed by atoms with E-state index in [4.69, 9.17) is 5.73 Å². The SMILES string of the molecule is CCCN(CC(C)(C)CN)C(=O)C1CCN(C)C1. The summed E-state index contributed by atoms with van der Waals surface area (Å²) in [5.41, 5.74) is 5.79. The lowest BCUT2D eigenvalue weighted by atomic mass is 9.92. The van der Waals surface area contributed by atoms with E-state index in [1.807, 2.05) is 4.90 Å². The largest absolute Gasteiger partial charge is 0.342 e. The minimum absolute atomic E-state index is 0.00926. The third-order valence-electron chi connectivity index (χ3n) is 3.72. The number of hydrogen-bond acceptors (Lipinski definition) is 3. The lowest BCUT2D eigenvalue weighted by Gasteiger charge is -2.33. The molecule has 0 aromatic heterocycles. The first kappa shape index (κ1) is 15.4. The van der Waals surface area contributed by atoms with E-state index in [0.717, 1.165) is 39.0 Å². The fourth-order valence-corrected chi connectivity index (χ4v) is 2.51. The average molecular weight is 255 g/mol. The van der Waals surface area contributed by atoms with Crippen LogP contribution in [0.3, 0.4) is 0 Å². The van der Waals surface area contributed by atoms with Crippen molar-refractivity contribution in [2.24, 2.45) is 17.1 Å². The molecule has 1 aliphatic rings. The van der Waals surface area contributed by atoms with Gasteiger partial charge in [0.2, 0.25) is 5.91 Å². The zero-order valence-electron chi connectivity index (χ0n) is 12.4. The van der Waals surface area contributed by atoms with Gasteiger partial charge in [-0.15, -0.1) is 0 Å². The van der Waals surface area contributed by atoms with Gasteiger partial charge in [0.25, 0.3) is 0 Å². The van der Waals surface area contributed by atoms with E-state index in [0.29, 0.717) is 12.5 Å². The number of likely N-dealkylation sites (tertiary alicyclic amines) is 1. The van der Waals surface area contributed by atoms with Crippen molar-refractivity contribution in [3.63, 3.8) is 0 Å². The molecule has 1 fully saturated rings. The third kappa shape index (κ3) is 4.25. The molecule has 1 amide bonds. The van der Waals surface area contributed by atoms with Crippen LogP contribution in [0.5, 0.6) is 0 Å². The smallest absolute Gasteiger partial charge is 0.227 e. The fourth-order valence-electron chi connectivity index (χ4n) is 2.51. The number of rotatable bonds is 6. The van der Waals surface area contributed by atoms with Crippen LogP contribution in [0.2, 0.25) is 0 Å². The maximum Gasteiger partial charge on any atom is 0.227 e. The topological polar surface area (TPSA) is 49.6 Å². The lowest BCUT2D eigenvalue weighted by Crippen LogP contribution is -2.45. The quantitative estimate of drug-likeness (QED) is 0.775. The number of nitrogens with two attached hydrogens (primary N) is 1. The Hall–Kier alpha value is -0.610. The van der Waals surface area contributed by atoms with Gasteiger partial charge in [-0.2, -0.15) is 0 Å². The van der Waals surface area contributed by atoms with E-state index in [9.17, 15) is 4.79 Å². The molecule has 1 atom stereocenters. The van der Waals surface area contributed by atoms with Gasteiger partial charge in [-0.3, -0.25) is 4.79 Å². The molecule has 0 aromatic carbocycles. The van der Waals surface area contributed by atoms with Crippen molar-refractivity contribution in [2.75, 3.05) is 39.8 Å². The Kier molecular flexibility index (Phi) is 5.60. The molecule has 0 aromatic rings. The van der Waals surface area contributed by atoms with Crippen molar-refractivity contribution in [2.45, 2.75) is 33.6 Å². The van der Waals surface area contributed by atoms with Gasteiger partial charge in [-0.25, -0.2) is 0 Å². The Labute approximate surface area is 111 Å².